The monoisotopic (exact) mass is 486 g/mol. The van der Waals surface area contributed by atoms with Gasteiger partial charge >= 0.3 is 5.69 Å². The van der Waals surface area contributed by atoms with E-state index < -0.39 is 11.2 Å². The summed E-state index contributed by atoms with van der Waals surface area (Å²) in [6.45, 7) is 2.68. The molecule has 1 aromatic carbocycles. The molecule has 1 aromatic heterocycles. The van der Waals surface area contributed by atoms with Crippen LogP contribution in [-0.4, -0.2) is 35.7 Å². The number of carbonyl (C=O) groups excluding carboxylic acids is 1. The highest BCUT2D eigenvalue weighted by molar-refractivity contribution is 14.1. The van der Waals surface area contributed by atoms with E-state index in [2.05, 4.69) is 27.6 Å². The Balaban J connectivity index is 2.60. The lowest BCUT2D eigenvalue weighted by atomic mass is 10.2. The highest BCUT2D eigenvalue weighted by Gasteiger charge is 2.26. The molecule has 0 unspecified atom stereocenters. The highest BCUT2D eigenvalue weighted by atomic mass is 127. The zero-order valence-electron chi connectivity index (χ0n) is 15.3. The second-order valence-electron chi connectivity index (χ2n) is 5.93. The van der Waals surface area contributed by atoms with Gasteiger partial charge in [-0.15, -0.1) is 0 Å². The van der Waals surface area contributed by atoms with Crippen molar-refractivity contribution in [2.45, 2.75) is 26.3 Å². The topological polar surface area (TPSA) is 110 Å². The van der Waals surface area contributed by atoms with Crippen molar-refractivity contribution >= 4 is 40.0 Å². The lowest BCUT2D eigenvalue weighted by Gasteiger charge is -2.24. The number of aromatic amines is 1. The average Bonchev–Trinajstić information content (AvgIpc) is 2.64. The molecule has 0 bridgehead atoms. The van der Waals surface area contributed by atoms with Crippen molar-refractivity contribution in [1.82, 2.24) is 9.55 Å². The molecule has 146 valence electrons. The SMILES string of the molecule is CCCCn1c(N)c(N(CCOC)C(=O)c2ccccc2I)c(=O)[nH]c1=O. The summed E-state index contributed by atoms with van der Waals surface area (Å²) in [6, 6.07) is 7.06. The third kappa shape index (κ3) is 4.78. The van der Waals surface area contributed by atoms with Gasteiger partial charge < -0.3 is 10.5 Å². The quantitative estimate of drug-likeness (QED) is 0.554. The number of rotatable bonds is 8. The second kappa shape index (κ2) is 9.70. The lowest BCUT2D eigenvalue weighted by Crippen LogP contribution is -2.42. The van der Waals surface area contributed by atoms with Crippen LogP contribution < -0.4 is 21.9 Å². The third-order valence-electron chi connectivity index (χ3n) is 4.09. The molecule has 0 spiro atoms. The minimum atomic E-state index is -0.694. The Labute approximate surface area is 170 Å². The van der Waals surface area contributed by atoms with Crippen molar-refractivity contribution in [1.29, 1.82) is 0 Å². The van der Waals surface area contributed by atoms with Gasteiger partial charge in [0.25, 0.3) is 11.5 Å². The number of amides is 1. The van der Waals surface area contributed by atoms with Crippen LogP contribution in [0.4, 0.5) is 11.5 Å². The number of nitrogen functional groups attached to an aromatic ring is 1. The van der Waals surface area contributed by atoms with Crippen LogP contribution >= 0.6 is 22.6 Å². The molecular formula is C18H23IN4O4. The van der Waals surface area contributed by atoms with Gasteiger partial charge in [0.05, 0.1) is 12.2 Å². The summed E-state index contributed by atoms with van der Waals surface area (Å²) in [7, 11) is 1.50. The first-order chi connectivity index (χ1) is 12.9. The minimum Gasteiger partial charge on any atom is -0.383 e. The molecular weight excluding hydrogens is 463 g/mol. The number of benzene rings is 1. The van der Waals surface area contributed by atoms with E-state index in [4.69, 9.17) is 10.5 Å². The van der Waals surface area contributed by atoms with Crippen molar-refractivity contribution < 1.29 is 9.53 Å². The van der Waals surface area contributed by atoms with Crippen LogP contribution in [0.1, 0.15) is 30.1 Å². The van der Waals surface area contributed by atoms with E-state index in [0.29, 0.717) is 12.1 Å². The first-order valence-electron chi connectivity index (χ1n) is 8.60. The van der Waals surface area contributed by atoms with E-state index >= 15 is 0 Å². The largest absolute Gasteiger partial charge is 0.383 e. The molecule has 2 rings (SSSR count). The summed E-state index contributed by atoms with van der Waals surface area (Å²) in [5.74, 6) is -0.400. The molecule has 1 amide bonds. The molecule has 2 aromatic rings. The Bertz CT molecular complexity index is 922. The van der Waals surface area contributed by atoms with Crippen molar-refractivity contribution in [3.63, 3.8) is 0 Å². The first-order valence-corrected chi connectivity index (χ1v) is 9.68. The van der Waals surface area contributed by atoms with E-state index in [9.17, 15) is 14.4 Å². The third-order valence-corrected chi connectivity index (χ3v) is 5.03. The molecule has 0 aliphatic heterocycles. The van der Waals surface area contributed by atoms with Crippen LogP contribution in [-0.2, 0) is 11.3 Å². The van der Waals surface area contributed by atoms with E-state index in [-0.39, 0.29) is 30.6 Å². The van der Waals surface area contributed by atoms with Gasteiger partial charge in [-0.3, -0.25) is 24.0 Å². The zero-order valence-corrected chi connectivity index (χ0v) is 17.5. The van der Waals surface area contributed by atoms with Crippen LogP contribution in [0, 0.1) is 3.57 Å². The van der Waals surface area contributed by atoms with Gasteiger partial charge in [-0.1, -0.05) is 25.5 Å². The maximum Gasteiger partial charge on any atom is 0.330 e. The Hall–Kier alpha value is -2.14. The van der Waals surface area contributed by atoms with Crippen molar-refractivity contribution in [2.75, 3.05) is 30.9 Å². The summed E-state index contributed by atoms with van der Waals surface area (Å²) in [4.78, 5) is 41.4. The molecule has 8 nitrogen and oxygen atoms in total. The van der Waals surface area contributed by atoms with Gasteiger partial charge in [0.2, 0.25) is 0 Å². The molecule has 0 saturated carbocycles. The number of hydrogen-bond acceptors (Lipinski definition) is 5. The van der Waals surface area contributed by atoms with Gasteiger partial charge in [0.1, 0.15) is 5.82 Å². The van der Waals surface area contributed by atoms with Crippen molar-refractivity contribution in [3.8, 4) is 0 Å². The number of nitrogens with two attached hydrogens (primary N) is 1. The van der Waals surface area contributed by atoms with Gasteiger partial charge in [-0.2, -0.15) is 0 Å². The number of H-pyrrole nitrogens is 1. The van der Waals surface area contributed by atoms with Crippen LogP contribution in [0.15, 0.2) is 33.9 Å². The molecule has 0 fully saturated rings. The number of methoxy groups -OCH3 is 1. The molecule has 1 heterocycles. The van der Waals surface area contributed by atoms with Gasteiger partial charge in [0.15, 0.2) is 5.69 Å². The van der Waals surface area contributed by atoms with Crippen LogP contribution in [0.2, 0.25) is 0 Å². The first kappa shape index (κ1) is 21.2. The maximum atomic E-state index is 13.2. The smallest absolute Gasteiger partial charge is 0.330 e. The Kier molecular flexibility index (Phi) is 7.60. The standard InChI is InChI=1S/C18H23IN4O4/c1-3-4-9-23-15(20)14(16(24)21-18(23)26)22(10-11-27-2)17(25)12-7-5-6-8-13(12)19/h5-8H,3-4,9-11,20H2,1-2H3,(H,21,24,26). The van der Waals surface area contributed by atoms with Crippen LogP contribution in [0.3, 0.4) is 0 Å². The van der Waals surface area contributed by atoms with E-state index in [0.717, 1.165) is 16.4 Å². The molecule has 9 heteroatoms. The Morgan fingerprint density at radius 2 is 2.04 bits per heavy atom. The number of anilines is 2. The Morgan fingerprint density at radius 3 is 2.67 bits per heavy atom. The molecule has 0 aliphatic carbocycles. The number of nitrogens with zero attached hydrogens (tertiary/aromatic N) is 2. The lowest BCUT2D eigenvalue weighted by molar-refractivity contribution is 0.0974. The Morgan fingerprint density at radius 1 is 1.33 bits per heavy atom. The van der Waals surface area contributed by atoms with E-state index in [1.54, 1.807) is 18.2 Å². The summed E-state index contributed by atoms with van der Waals surface area (Å²) < 4.78 is 7.13. The minimum absolute atomic E-state index is 0.0207. The average molecular weight is 486 g/mol. The maximum absolute atomic E-state index is 13.2. The summed E-state index contributed by atoms with van der Waals surface area (Å²) in [5, 5.41) is 0. The number of aromatic nitrogens is 2. The fraction of sp³-hybridized carbons (Fsp3) is 0.389. The number of hydrogen-bond donors (Lipinski definition) is 2. The van der Waals surface area contributed by atoms with Crippen LogP contribution in [0.25, 0.3) is 0 Å². The van der Waals surface area contributed by atoms with E-state index in [1.165, 1.54) is 16.6 Å². The van der Waals surface area contributed by atoms with Crippen molar-refractivity contribution in [2.24, 2.45) is 0 Å². The van der Waals surface area contributed by atoms with E-state index in [1.807, 2.05) is 13.0 Å². The predicted molar refractivity (Wildman–Crippen MR) is 113 cm³/mol. The highest BCUT2D eigenvalue weighted by Crippen LogP contribution is 2.22. The molecule has 0 atom stereocenters. The molecule has 0 aliphatic rings. The normalized spacial score (nSPS) is 10.8. The van der Waals surface area contributed by atoms with Gasteiger partial charge in [-0.05, 0) is 41.1 Å². The van der Waals surface area contributed by atoms with Crippen LogP contribution in [0.5, 0.6) is 0 Å². The molecule has 0 radical (unpaired) electrons. The van der Waals surface area contributed by atoms with Crippen molar-refractivity contribution in [3.05, 3.63) is 54.2 Å². The fourth-order valence-corrected chi connectivity index (χ4v) is 3.27. The number of nitrogens with one attached hydrogen (secondary N) is 1. The number of halogens is 1. The zero-order chi connectivity index (χ0) is 20.0. The van der Waals surface area contributed by atoms with Gasteiger partial charge in [0, 0.05) is 23.8 Å². The number of ether oxygens (including phenoxy) is 1. The summed E-state index contributed by atoms with van der Waals surface area (Å²) in [6.07, 6.45) is 1.58. The number of unbranched alkanes of at least 4 members (excludes halogenated alkanes) is 1. The van der Waals surface area contributed by atoms with Gasteiger partial charge in [-0.25, -0.2) is 4.79 Å². The fourth-order valence-electron chi connectivity index (χ4n) is 2.65. The molecule has 27 heavy (non-hydrogen) atoms. The predicted octanol–water partition coefficient (Wildman–Crippen LogP) is 1.82. The summed E-state index contributed by atoms with van der Waals surface area (Å²) in [5.41, 5.74) is 5.29. The summed E-state index contributed by atoms with van der Waals surface area (Å²) >= 11 is 2.06. The second-order valence-corrected chi connectivity index (χ2v) is 7.09. The molecule has 0 saturated heterocycles. The number of carbonyl (C=O) groups is 1. The molecule has 3 N–H and O–H groups in total.